The molecule has 96 valence electrons. The number of rotatable bonds is 1. The van der Waals surface area contributed by atoms with Crippen LogP contribution in [-0.2, 0) is 13.5 Å². The Balaban J connectivity index is 1.89. The first-order chi connectivity index (χ1) is 9.22. The number of pyridine rings is 1. The second-order valence-electron chi connectivity index (χ2n) is 6.30. The van der Waals surface area contributed by atoms with Gasteiger partial charge >= 0.3 is 0 Å². The molecule has 0 radical (unpaired) electrons. The number of aromatic nitrogens is 1. The summed E-state index contributed by atoms with van der Waals surface area (Å²) < 4.78 is 2.31. The molecule has 3 aliphatic carbocycles. The van der Waals surface area contributed by atoms with Crippen molar-refractivity contribution in [2.24, 2.45) is 13.0 Å². The molecule has 1 heteroatoms. The molecule has 0 N–H and O–H groups in total. The molecule has 1 fully saturated rings. The molecule has 2 aromatic rings. The van der Waals surface area contributed by atoms with Gasteiger partial charge in [0.05, 0.1) is 0 Å². The molecule has 1 heterocycles. The van der Waals surface area contributed by atoms with Crippen LogP contribution in [-0.4, -0.2) is 0 Å². The predicted molar refractivity (Wildman–Crippen MR) is 77.0 cm³/mol. The van der Waals surface area contributed by atoms with E-state index < -0.39 is 0 Å². The molecule has 19 heavy (non-hydrogen) atoms. The van der Waals surface area contributed by atoms with Gasteiger partial charge in [0.1, 0.15) is 7.05 Å². The van der Waals surface area contributed by atoms with E-state index in [4.69, 9.17) is 0 Å². The van der Waals surface area contributed by atoms with Crippen LogP contribution in [0.25, 0.3) is 11.3 Å². The summed E-state index contributed by atoms with van der Waals surface area (Å²) in [6.45, 7) is 2.20. The van der Waals surface area contributed by atoms with Crippen molar-refractivity contribution in [3.05, 3.63) is 53.2 Å². The van der Waals surface area contributed by atoms with E-state index in [9.17, 15) is 0 Å². The van der Waals surface area contributed by atoms with Crippen molar-refractivity contribution in [3.8, 4) is 11.3 Å². The van der Waals surface area contributed by atoms with Crippen LogP contribution in [0.2, 0.25) is 0 Å². The van der Waals surface area contributed by atoms with Crippen molar-refractivity contribution < 1.29 is 4.57 Å². The van der Waals surface area contributed by atoms with Crippen molar-refractivity contribution in [3.63, 3.8) is 0 Å². The topological polar surface area (TPSA) is 3.88 Å². The largest absolute Gasteiger partial charge is 0.212 e. The fourth-order valence-corrected chi connectivity index (χ4v) is 3.87. The Morgan fingerprint density at radius 1 is 1.16 bits per heavy atom. The number of nitrogens with zero attached hydrogens (tertiary/aromatic N) is 1. The fraction of sp³-hybridized carbons (Fsp3) is 0.389. The Morgan fingerprint density at radius 3 is 2.74 bits per heavy atom. The standard InChI is InChI=1S/C18H20N/c1-12-5-3-4-6-16(12)18-10-17-14-7-13(8-14)9-15(17)11-19(18)2/h3-6,10-11,13-14H,7-9H2,1-2H3/q+1. The minimum absolute atomic E-state index is 0.845. The monoisotopic (exact) mass is 250 g/mol. The maximum atomic E-state index is 2.46. The van der Waals surface area contributed by atoms with Gasteiger partial charge in [-0.15, -0.1) is 0 Å². The fourth-order valence-electron chi connectivity index (χ4n) is 3.87. The van der Waals surface area contributed by atoms with Gasteiger partial charge in [-0.05, 0) is 55.2 Å². The summed E-state index contributed by atoms with van der Waals surface area (Å²) in [7, 11) is 2.18. The molecule has 1 nitrogen and oxygen atoms in total. The summed E-state index contributed by atoms with van der Waals surface area (Å²) in [5.74, 6) is 1.82. The molecule has 1 aromatic carbocycles. The Labute approximate surface area is 114 Å². The van der Waals surface area contributed by atoms with E-state index in [-0.39, 0.29) is 0 Å². The van der Waals surface area contributed by atoms with Gasteiger partial charge in [-0.25, -0.2) is 4.57 Å². The van der Waals surface area contributed by atoms with Crippen molar-refractivity contribution in [2.45, 2.75) is 32.1 Å². The van der Waals surface area contributed by atoms with Gasteiger partial charge in [-0.3, -0.25) is 0 Å². The number of hydrogen-bond acceptors (Lipinski definition) is 0. The van der Waals surface area contributed by atoms with E-state index in [0.717, 1.165) is 11.8 Å². The summed E-state index contributed by atoms with van der Waals surface area (Å²) in [5, 5.41) is 0. The van der Waals surface area contributed by atoms with Crippen LogP contribution in [0.15, 0.2) is 36.5 Å². The quantitative estimate of drug-likeness (QED) is 0.682. The predicted octanol–water partition coefficient (Wildman–Crippen LogP) is 3.54. The minimum Gasteiger partial charge on any atom is -0.201 e. The molecular weight excluding hydrogens is 230 g/mol. The highest BCUT2D eigenvalue weighted by Gasteiger charge is 2.38. The summed E-state index contributed by atoms with van der Waals surface area (Å²) >= 11 is 0. The van der Waals surface area contributed by atoms with Crippen LogP contribution in [0.3, 0.4) is 0 Å². The normalized spacial score (nSPS) is 23.7. The van der Waals surface area contributed by atoms with E-state index in [1.807, 2.05) is 0 Å². The Bertz CT molecular complexity index is 651. The molecule has 0 spiro atoms. The maximum absolute atomic E-state index is 2.46. The molecule has 0 saturated heterocycles. The first-order valence-electron chi connectivity index (χ1n) is 7.31. The number of aryl methyl sites for hydroxylation is 2. The lowest BCUT2D eigenvalue weighted by Crippen LogP contribution is -2.37. The van der Waals surface area contributed by atoms with Crippen LogP contribution in [0, 0.1) is 12.8 Å². The summed E-state index contributed by atoms with van der Waals surface area (Å²) in [5.41, 5.74) is 7.31. The van der Waals surface area contributed by atoms with E-state index in [1.165, 1.54) is 36.1 Å². The van der Waals surface area contributed by atoms with Crippen LogP contribution in [0.1, 0.15) is 35.4 Å². The van der Waals surface area contributed by atoms with Crippen LogP contribution < -0.4 is 4.57 Å². The molecule has 1 saturated carbocycles. The molecule has 5 rings (SSSR count). The highest BCUT2D eigenvalue weighted by molar-refractivity contribution is 5.62. The lowest BCUT2D eigenvalue weighted by molar-refractivity contribution is -0.661. The Morgan fingerprint density at radius 2 is 1.95 bits per heavy atom. The van der Waals surface area contributed by atoms with Gasteiger partial charge in [0.2, 0.25) is 5.69 Å². The van der Waals surface area contributed by atoms with Gasteiger partial charge in [-0.2, -0.15) is 0 Å². The van der Waals surface area contributed by atoms with E-state index in [2.05, 4.69) is 55.1 Å². The van der Waals surface area contributed by atoms with Crippen LogP contribution in [0.5, 0.6) is 0 Å². The summed E-state index contributed by atoms with van der Waals surface area (Å²) in [6.07, 6.45) is 6.52. The average Bonchev–Trinajstić information content (AvgIpc) is 2.37. The van der Waals surface area contributed by atoms with Crippen molar-refractivity contribution in [2.75, 3.05) is 0 Å². The van der Waals surface area contributed by atoms with Crippen molar-refractivity contribution in [1.82, 2.24) is 0 Å². The van der Waals surface area contributed by atoms with Gasteiger partial charge in [0, 0.05) is 17.2 Å². The van der Waals surface area contributed by atoms with Gasteiger partial charge in [0.25, 0.3) is 0 Å². The molecule has 0 aliphatic heterocycles. The third-order valence-electron chi connectivity index (χ3n) is 5.00. The van der Waals surface area contributed by atoms with E-state index >= 15 is 0 Å². The average molecular weight is 250 g/mol. The van der Waals surface area contributed by atoms with Gasteiger partial charge in [0.15, 0.2) is 6.20 Å². The van der Waals surface area contributed by atoms with E-state index in [0.29, 0.717) is 0 Å². The second kappa shape index (κ2) is 3.93. The van der Waals surface area contributed by atoms with Crippen molar-refractivity contribution in [1.29, 1.82) is 0 Å². The van der Waals surface area contributed by atoms with Gasteiger partial charge < -0.3 is 0 Å². The summed E-state index contributed by atoms with van der Waals surface area (Å²) in [6, 6.07) is 11.2. The molecule has 0 amide bonds. The zero-order valence-corrected chi connectivity index (χ0v) is 11.7. The minimum atomic E-state index is 0.845. The molecule has 2 bridgehead atoms. The van der Waals surface area contributed by atoms with E-state index in [1.54, 1.807) is 11.1 Å². The molecule has 0 atom stereocenters. The first-order valence-corrected chi connectivity index (χ1v) is 7.31. The first kappa shape index (κ1) is 11.2. The lowest BCUT2D eigenvalue weighted by Gasteiger charge is -2.41. The highest BCUT2D eigenvalue weighted by Crippen LogP contribution is 2.49. The smallest absolute Gasteiger partial charge is 0.201 e. The summed E-state index contributed by atoms with van der Waals surface area (Å²) in [4.78, 5) is 0. The molecular formula is C18H20N+. The third kappa shape index (κ3) is 1.64. The Hall–Kier alpha value is -1.63. The number of hydrogen-bond donors (Lipinski definition) is 0. The van der Waals surface area contributed by atoms with Gasteiger partial charge in [-0.1, -0.05) is 18.2 Å². The second-order valence-corrected chi connectivity index (χ2v) is 6.30. The zero-order valence-electron chi connectivity index (χ0n) is 11.7. The van der Waals surface area contributed by atoms with Crippen LogP contribution in [0.4, 0.5) is 0 Å². The number of benzene rings is 1. The Kier molecular flexibility index (Phi) is 2.32. The lowest BCUT2D eigenvalue weighted by atomic mass is 9.63. The van der Waals surface area contributed by atoms with Crippen LogP contribution >= 0.6 is 0 Å². The molecule has 0 unspecified atom stereocenters. The maximum Gasteiger partial charge on any atom is 0.212 e. The zero-order chi connectivity index (χ0) is 13.0. The molecule has 1 aromatic heterocycles. The third-order valence-corrected chi connectivity index (χ3v) is 5.00. The SMILES string of the molecule is Cc1ccccc1-c1cc2c(c[n+]1C)CC1CC2C1. The molecule has 3 aliphatic rings. The van der Waals surface area contributed by atoms with Crippen molar-refractivity contribution >= 4 is 0 Å². The highest BCUT2D eigenvalue weighted by atomic mass is 14.9.